The summed E-state index contributed by atoms with van der Waals surface area (Å²) in [5.74, 6) is -0.346. The standard InChI is InChI=1S/C13H13Cl2IN2O3/c14-6-2-8-9(3-7(6)15)18(13(16)17-8)10-1-5(4-19)11(20)12(10)21/h2-3,5,10-12,19-21H,1,4H2/t5?,10-,11?,12?/m0/s1. The molecular weight excluding hydrogens is 430 g/mol. The minimum atomic E-state index is -0.956. The molecule has 0 amide bonds. The van der Waals surface area contributed by atoms with Gasteiger partial charge in [0.15, 0.2) is 3.83 Å². The molecule has 0 spiro atoms. The van der Waals surface area contributed by atoms with Crippen molar-refractivity contribution >= 4 is 56.8 Å². The lowest BCUT2D eigenvalue weighted by atomic mass is 10.1. The molecule has 1 saturated carbocycles. The monoisotopic (exact) mass is 442 g/mol. The molecule has 3 N–H and O–H groups in total. The lowest BCUT2D eigenvalue weighted by Gasteiger charge is -2.19. The van der Waals surface area contributed by atoms with Gasteiger partial charge >= 0.3 is 0 Å². The average Bonchev–Trinajstić information content (AvgIpc) is 2.89. The molecule has 5 nitrogen and oxygen atoms in total. The van der Waals surface area contributed by atoms with E-state index < -0.39 is 12.2 Å². The molecule has 1 aromatic heterocycles. The Morgan fingerprint density at radius 2 is 1.90 bits per heavy atom. The van der Waals surface area contributed by atoms with E-state index in [0.717, 1.165) is 5.52 Å². The van der Waals surface area contributed by atoms with Gasteiger partial charge in [-0.1, -0.05) is 23.2 Å². The first-order valence-electron chi connectivity index (χ1n) is 6.43. The summed E-state index contributed by atoms with van der Waals surface area (Å²) in [6, 6.07) is 3.03. The van der Waals surface area contributed by atoms with Crippen molar-refractivity contribution in [1.29, 1.82) is 0 Å². The molecule has 21 heavy (non-hydrogen) atoms. The van der Waals surface area contributed by atoms with Gasteiger partial charge in [-0.25, -0.2) is 4.98 Å². The van der Waals surface area contributed by atoms with Crippen molar-refractivity contribution in [2.45, 2.75) is 24.7 Å². The third kappa shape index (κ3) is 2.55. The number of rotatable bonds is 2. The van der Waals surface area contributed by atoms with Crippen LogP contribution in [0, 0.1) is 9.75 Å². The van der Waals surface area contributed by atoms with Crippen molar-refractivity contribution in [2.75, 3.05) is 6.61 Å². The number of aliphatic hydroxyl groups is 3. The van der Waals surface area contributed by atoms with Crippen LogP contribution in [0.5, 0.6) is 0 Å². The Bertz CT molecular complexity index is 694. The molecule has 0 saturated heterocycles. The predicted octanol–water partition coefficient (Wildman–Crippen LogP) is 2.22. The Kier molecular flexibility index (Phi) is 4.37. The van der Waals surface area contributed by atoms with Crippen LogP contribution in [0.2, 0.25) is 10.0 Å². The molecule has 8 heteroatoms. The van der Waals surface area contributed by atoms with Gasteiger partial charge < -0.3 is 19.9 Å². The number of imidazole rings is 1. The van der Waals surface area contributed by atoms with E-state index in [9.17, 15) is 15.3 Å². The highest BCUT2D eigenvalue weighted by Gasteiger charge is 2.43. The van der Waals surface area contributed by atoms with E-state index in [1.54, 1.807) is 12.1 Å². The fraction of sp³-hybridized carbons (Fsp3) is 0.462. The van der Waals surface area contributed by atoms with Crippen molar-refractivity contribution in [3.63, 3.8) is 0 Å². The van der Waals surface area contributed by atoms with E-state index in [-0.39, 0.29) is 18.6 Å². The van der Waals surface area contributed by atoms with Crippen LogP contribution >= 0.6 is 45.8 Å². The van der Waals surface area contributed by atoms with Gasteiger partial charge in [-0.2, -0.15) is 0 Å². The number of nitrogens with zero attached hydrogens (tertiary/aromatic N) is 2. The van der Waals surface area contributed by atoms with E-state index in [2.05, 4.69) is 27.6 Å². The molecule has 3 unspecified atom stereocenters. The van der Waals surface area contributed by atoms with Crippen LogP contribution in [-0.2, 0) is 0 Å². The lowest BCUT2D eigenvalue weighted by molar-refractivity contribution is -0.00390. The second kappa shape index (κ2) is 5.82. The molecule has 1 aliphatic carbocycles. The van der Waals surface area contributed by atoms with Crippen LogP contribution < -0.4 is 0 Å². The molecule has 0 bridgehead atoms. The maximum atomic E-state index is 10.3. The van der Waals surface area contributed by atoms with Crippen LogP contribution in [0.4, 0.5) is 0 Å². The summed E-state index contributed by atoms with van der Waals surface area (Å²) >= 11 is 14.1. The van der Waals surface area contributed by atoms with Gasteiger partial charge in [-0.05, 0) is 41.1 Å². The summed E-state index contributed by atoms with van der Waals surface area (Å²) in [7, 11) is 0. The zero-order chi connectivity index (χ0) is 15.3. The summed E-state index contributed by atoms with van der Waals surface area (Å²) in [6.45, 7) is -0.162. The van der Waals surface area contributed by atoms with Crippen LogP contribution in [0.15, 0.2) is 12.1 Å². The van der Waals surface area contributed by atoms with Crippen molar-refractivity contribution in [3.05, 3.63) is 26.0 Å². The number of aliphatic hydroxyl groups excluding tert-OH is 3. The zero-order valence-electron chi connectivity index (χ0n) is 10.7. The molecule has 3 rings (SSSR count). The number of aromatic nitrogens is 2. The molecule has 1 fully saturated rings. The van der Waals surface area contributed by atoms with Gasteiger partial charge in [0.2, 0.25) is 0 Å². The highest BCUT2D eigenvalue weighted by Crippen LogP contribution is 2.39. The number of hydrogen-bond acceptors (Lipinski definition) is 4. The van der Waals surface area contributed by atoms with Crippen molar-refractivity contribution < 1.29 is 15.3 Å². The second-order valence-corrected chi connectivity index (χ2v) is 7.01. The Morgan fingerprint density at radius 1 is 1.24 bits per heavy atom. The SMILES string of the molecule is OCC1C[C@H](n2c(I)nc3cc(Cl)c(Cl)cc32)C(O)C1O. The molecule has 1 heterocycles. The number of benzene rings is 1. The summed E-state index contributed by atoms with van der Waals surface area (Å²) in [4.78, 5) is 4.42. The van der Waals surface area contributed by atoms with Gasteiger partial charge in [0.25, 0.3) is 0 Å². The van der Waals surface area contributed by atoms with Crippen LogP contribution in [0.1, 0.15) is 12.5 Å². The lowest BCUT2D eigenvalue weighted by Crippen LogP contribution is -2.30. The first-order valence-corrected chi connectivity index (χ1v) is 8.27. The molecule has 1 aromatic carbocycles. The minimum absolute atomic E-state index is 0.162. The molecule has 1 aliphatic rings. The van der Waals surface area contributed by atoms with Gasteiger partial charge in [0.1, 0.15) is 6.10 Å². The Hall–Kier alpha value is -0.120. The van der Waals surface area contributed by atoms with Crippen LogP contribution in [0.3, 0.4) is 0 Å². The largest absolute Gasteiger partial charge is 0.396 e. The topological polar surface area (TPSA) is 78.5 Å². The van der Waals surface area contributed by atoms with E-state index >= 15 is 0 Å². The average molecular weight is 443 g/mol. The third-order valence-electron chi connectivity index (χ3n) is 4.03. The number of halogens is 3. The molecule has 114 valence electrons. The van der Waals surface area contributed by atoms with Gasteiger partial charge in [0, 0.05) is 12.5 Å². The quantitative estimate of drug-likeness (QED) is 0.623. The van der Waals surface area contributed by atoms with Crippen molar-refractivity contribution in [2.24, 2.45) is 5.92 Å². The number of hydrogen-bond donors (Lipinski definition) is 3. The van der Waals surface area contributed by atoms with Gasteiger partial charge in [-0.3, -0.25) is 0 Å². The first-order chi connectivity index (χ1) is 9.93. The van der Waals surface area contributed by atoms with E-state index in [0.29, 0.717) is 25.8 Å². The maximum Gasteiger partial charge on any atom is 0.172 e. The van der Waals surface area contributed by atoms with Crippen LogP contribution in [-0.4, -0.2) is 43.7 Å². The Labute approximate surface area is 144 Å². The molecule has 0 radical (unpaired) electrons. The fourth-order valence-electron chi connectivity index (χ4n) is 2.91. The summed E-state index contributed by atoms with van der Waals surface area (Å²) < 4.78 is 2.53. The van der Waals surface area contributed by atoms with Crippen molar-refractivity contribution in [3.8, 4) is 0 Å². The Balaban J connectivity index is 2.12. The fourth-order valence-corrected chi connectivity index (χ4v) is 4.11. The first kappa shape index (κ1) is 15.8. The third-order valence-corrected chi connectivity index (χ3v) is 5.51. The van der Waals surface area contributed by atoms with Crippen LogP contribution in [0.25, 0.3) is 11.0 Å². The molecule has 4 atom stereocenters. The minimum Gasteiger partial charge on any atom is -0.396 e. The van der Waals surface area contributed by atoms with Gasteiger partial charge in [-0.15, -0.1) is 0 Å². The van der Waals surface area contributed by atoms with E-state index in [4.69, 9.17) is 23.2 Å². The van der Waals surface area contributed by atoms with E-state index in [1.165, 1.54) is 0 Å². The normalized spacial score (nSPS) is 29.4. The molecule has 2 aromatic rings. The highest BCUT2D eigenvalue weighted by atomic mass is 127. The summed E-state index contributed by atoms with van der Waals surface area (Å²) in [6.07, 6.45) is -1.43. The van der Waals surface area contributed by atoms with Crippen molar-refractivity contribution in [1.82, 2.24) is 9.55 Å². The molecule has 0 aliphatic heterocycles. The zero-order valence-corrected chi connectivity index (χ0v) is 14.4. The van der Waals surface area contributed by atoms with E-state index in [1.807, 2.05) is 4.57 Å². The predicted molar refractivity (Wildman–Crippen MR) is 88.7 cm³/mol. The number of fused-ring (bicyclic) bond motifs is 1. The second-order valence-electron chi connectivity index (χ2n) is 5.23. The highest BCUT2D eigenvalue weighted by molar-refractivity contribution is 14.1. The smallest absolute Gasteiger partial charge is 0.172 e. The Morgan fingerprint density at radius 3 is 2.52 bits per heavy atom. The molecular formula is C13H13Cl2IN2O3. The summed E-state index contributed by atoms with van der Waals surface area (Å²) in [5, 5.41) is 30.4. The summed E-state index contributed by atoms with van der Waals surface area (Å²) in [5.41, 5.74) is 1.44. The van der Waals surface area contributed by atoms with Gasteiger partial charge in [0.05, 0.1) is 33.2 Å². The maximum absolute atomic E-state index is 10.3.